The largest absolute Gasteiger partial charge is 0.314 e. The summed E-state index contributed by atoms with van der Waals surface area (Å²) in [6.07, 6.45) is 2.15. The fraction of sp³-hybridized carbons (Fsp3) is 0.333. The summed E-state index contributed by atoms with van der Waals surface area (Å²) in [5, 5.41) is -0.0529. The molecular formula is C18H23O2PS2. The first-order chi connectivity index (χ1) is 11.1. The molecule has 0 heterocycles. The average molecular weight is 366 g/mol. The summed E-state index contributed by atoms with van der Waals surface area (Å²) in [6.45, 7) is 4.40. The molecule has 0 amide bonds. The number of hydrogen-bond acceptors (Lipinski definition) is 3. The van der Waals surface area contributed by atoms with Crippen LogP contribution in [-0.4, -0.2) is 6.61 Å². The Hall–Kier alpha value is -0.670. The lowest BCUT2D eigenvalue weighted by molar-refractivity contribution is 0.358. The quantitative estimate of drug-likeness (QED) is 0.424. The highest BCUT2D eigenvalue weighted by Crippen LogP contribution is 2.69. The van der Waals surface area contributed by atoms with E-state index >= 15 is 0 Å². The van der Waals surface area contributed by atoms with Crippen molar-refractivity contribution in [1.29, 1.82) is 0 Å². The van der Waals surface area contributed by atoms with Crippen LogP contribution in [0.5, 0.6) is 0 Å². The number of hydrogen-bond donors (Lipinski definition) is 1. The first kappa shape index (κ1) is 18.7. The monoisotopic (exact) mass is 366 g/mol. The summed E-state index contributed by atoms with van der Waals surface area (Å²) in [5.41, 5.74) is 3.55. The maximum atomic E-state index is 12.6. The van der Waals surface area contributed by atoms with E-state index in [1.165, 1.54) is 16.9 Å². The molecule has 2 aromatic carbocycles. The standard InChI is InChI=1S/C18H23O2PS2/c1-3-9-15-10-8-13-17(14-15)18(16-11-6-5-7-12-16)23-21(19,22)20-4-2/h5-8,10-14,18H,3-4,9H2,1-2H3,(H,19,22)/t18-,21?/m0/s1. The van der Waals surface area contributed by atoms with E-state index < -0.39 is 5.77 Å². The Balaban J connectivity index is 2.37. The minimum absolute atomic E-state index is 0.0529. The first-order valence-electron chi connectivity index (χ1n) is 7.85. The van der Waals surface area contributed by atoms with E-state index in [0.29, 0.717) is 6.61 Å². The first-order valence-corrected chi connectivity index (χ1v) is 12.1. The van der Waals surface area contributed by atoms with E-state index in [4.69, 9.17) is 4.52 Å². The minimum Gasteiger partial charge on any atom is -0.314 e. The van der Waals surface area contributed by atoms with Crippen LogP contribution in [0.25, 0.3) is 0 Å². The van der Waals surface area contributed by atoms with Crippen molar-refractivity contribution < 1.29 is 9.09 Å². The van der Waals surface area contributed by atoms with Gasteiger partial charge in [0.05, 0.1) is 11.9 Å². The molecule has 0 aliphatic rings. The Morgan fingerprint density at radius 3 is 2.43 bits per heavy atom. The molecule has 1 unspecified atom stereocenters. The van der Waals surface area contributed by atoms with Gasteiger partial charge in [-0.3, -0.25) is 4.57 Å². The maximum absolute atomic E-state index is 12.6. The van der Waals surface area contributed by atoms with Crippen molar-refractivity contribution in [2.45, 2.75) is 31.9 Å². The Bertz CT molecular complexity index is 661. The highest BCUT2D eigenvalue weighted by atomic mass is 33.1. The molecule has 0 bridgehead atoms. The van der Waals surface area contributed by atoms with Crippen LogP contribution in [0.2, 0.25) is 0 Å². The second kappa shape index (κ2) is 8.98. The maximum Gasteiger partial charge on any atom is 0.311 e. The van der Waals surface area contributed by atoms with E-state index in [1.54, 1.807) is 0 Å². The molecule has 0 aliphatic carbocycles. The molecule has 0 aliphatic heterocycles. The SMILES string of the molecule is CCCc1cccc([C@@H](SP(=O)(S)OCC)c2ccccc2)c1. The van der Waals surface area contributed by atoms with Gasteiger partial charge in [0.2, 0.25) is 0 Å². The Morgan fingerprint density at radius 1 is 1.09 bits per heavy atom. The Morgan fingerprint density at radius 2 is 1.78 bits per heavy atom. The molecule has 2 rings (SSSR count). The lowest BCUT2D eigenvalue weighted by atomic mass is 10.0. The zero-order chi connectivity index (χ0) is 16.7. The zero-order valence-electron chi connectivity index (χ0n) is 13.5. The second-order valence-electron chi connectivity index (χ2n) is 5.28. The van der Waals surface area contributed by atoms with E-state index in [2.05, 4.69) is 55.6 Å². The van der Waals surface area contributed by atoms with Gasteiger partial charge in [0.1, 0.15) is 0 Å². The van der Waals surface area contributed by atoms with Gasteiger partial charge in [0.25, 0.3) is 0 Å². The predicted octanol–water partition coefficient (Wildman–Crippen LogP) is 6.54. The molecular weight excluding hydrogens is 343 g/mol. The van der Waals surface area contributed by atoms with Crippen molar-refractivity contribution in [2.75, 3.05) is 6.61 Å². The molecule has 23 heavy (non-hydrogen) atoms. The van der Waals surface area contributed by atoms with Gasteiger partial charge in [-0.1, -0.05) is 80.2 Å². The highest BCUT2D eigenvalue weighted by molar-refractivity contribution is 8.84. The van der Waals surface area contributed by atoms with Crippen LogP contribution >= 0.6 is 29.4 Å². The van der Waals surface area contributed by atoms with Crippen LogP contribution in [0.15, 0.2) is 54.6 Å². The zero-order valence-corrected chi connectivity index (χ0v) is 16.1. The summed E-state index contributed by atoms with van der Waals surface area (Å²) in [7, 11) is 0. The summed E-state index contributed by atoms with van der Waals surface area (Å²) in [6, 6.07) is 18.6. The highest BCUT2D eigenvalue weighted by Gasteiger charge is 2.27. The molecule has 0 N–H and O–H groups in total. The van der Waals surface area contributed by atoms with E-state index in [9.17, 15) is 4.57 Å². The molecule has 2 nitrogen and oxygen atoms in total. The molecule has 124 valence electrons. The van der Waals surface area contributed by atoms with E-state index in [-0.39, 0.29) is 5.25 Å². The van der Waals surface area contributed by atoms with Crippen molar-refractivity contribution in [1.82, 2.24) is 0 Å². The fourth-order valence-corrected chi connectivity index (χ4v) is 6.89. The van der Waals surface area contributed by atoms with Crippen molar-refractivity contribution in [2.24, 2.45) is 0 Å². The summed E-state index contributed by atoms with van der Waals surface area (Å²) >= 11 is 5.57. The Labute approximate surface area is 148 Å². The number of thiol groups is 1. The number of benzene rings is 2. The molecule has 2 aromatic rings. The van der Waals surface area contributed by atoms with Crippen molar-refractivity contribution >= 4 is 29.4 Å². The third-order valence-corrected chi connectivity index (χ3v) is 7.97. The van der Waals surface area contributed by atoms with Crippen LogP contribution in [0.1, 0.15) is 42.2 Å². The summed E-state index contributed by atoms with van der Waals surface area (Å²) < 4.78 is 17.9. The topological polar surface area (TPSA) is 26.3 Å². The number of rotatable bonds is 8. The normalized spacial score (nSPS) is 15.1. The molecule has 0 radical (unpaired) electrons. The van der Waals surface area contributed by atoms with Crippen LogP contribution < -0.4 is 0 Å². The average Bonchev–Trinajstić information content (AvgIpc) is 2.54. The number of aryl methyl sites for hydroxylation is 1. The van der Waals surface area contributed by atoms with E-state index in [0.717, 1.165) is 24.0 Å². The molecule has 0 saturated carbocycles. The van der Waals surface area contributed by atoms with Gasteiger partial charge in [-0.15, -0.1) is 0 Å². The molecule has 0 fully saturated rings. The van der Waals surface area contributed by atoms with Crippen LogP contribution in [0, 0.1) is 0 Å². The Kier molecular flexibility index (Phi) is 7.29. The predicted molar refractivity (Wildman–Crippen MR) is 105 cm³/mol. The third kappa shape index (κ3) is 5.72. The van der Waals surface area contributed by atoms with Gasteiger partial charge in [0, 0.05) is 0 Å². The molecule has 0 spiro atoms. The lowest BCUT2D eigenvalue weighted by Crippen LogP contribution is -1.98. The smallest absolute Gasteiger partial charge is 0.311 e. The van der Waals surface area contributed by atoms with Gasteiger partial charge >= 0.3 is 5.77 Å². The van der Waals surface area contributed by atoms with Gasteiger partial charge in [0.15, 0.2) is 0 Å². The van der Waals surface area contributed by atoms with Gasteiger partial charge in [-0.25, -0.2) is 0 Å². The van der Waals surface area contributed by atoms with Crippen LogP contribution in [0.3, 0.4) is 0 Å². The van der Waals surface area contributed by atoms with Crippen molar-refractivity contribution in [3.05, 3.63) is 71.3 Å². The molecule has 0 aromatic heterocycles. The second-order valence-corrected chi connectivity index (χ2v) is 11.6. The lowest BCUT2D eigenvalue weighted by Gasteiger charge is -2.21. The van der Waals surface area contributed by atoms with E-state index in [1.807, 2.05) is 25.1 Å². The van der Waals surface area contributed by atoms with Gasteiger partial charge in [-0.2, -0.15) is 0 Å². The van der Waals surface area contributed by atoms with Gasteiger partial charge < -0.3 is 4.52 Å². The fourth-order valence-electron chi connectivity index (χ4n) is 2.47. The van der Waals surface area contributed by atoms with Crippen LogP contribution in [-0.2, 0) is 15.5 Å². The minimum atomic E-state index is -3.00. The molecule has 5 heteroatoms. The van der Waals surface area contributed by atoms with Crippen molar-refractivity contribution in [3.63, 3.8) is 0 Å². The summed E-state index contributed by atoms with van der Waals surface area (Å²) in [5.74, 6) is -3.00. The van der Waals surface area contributed by atoms with Gasteiger partial charge in [-0.05, 0) is 41.4 Å². The molecule has 0 saturated heterocycles. The molecule has 2 atom stereocenters. The third-order valence-electron chi connectivity index (χ3n) is 3.43. The summed E-state index contributed by atoms with van der Waals surface area (Å²) in [4.78, 5) is 0. The van der Waals surface area contributed by atoms with Crippen molar-refractivity contribution in [3.8, 4) is 0 Å². The van der Waals surface area contributed by atoms with Crippen LogP contribution in [0.4, 0.5) is 0 Å².